The molecule has 0 saturated heterocycles. The van der Waals surface area contributed by atoms with Gasteiger partial charge in [-0.2, -0.15) is 9.78 Å². The molecular formula is C25H21N5O3S. The summed E-state index contributed by atoms with van der Waals surface area (Å²) in [6.45, 7) is 3.77. The summed E-state index contributed by atoms with van der Waals surface area (Å²) >= 11 is 0. The minimum Gasteiger partial charge on any atom is -0.507 e. The van der Waals surface area contributed by atoms with Gasteiger partial charge in [0, 0.05) is 5.56 Å². The van der Waals surface area contributed by atoms with E-state index in [0.717, 1.165) is 11.1 Å². The number of nitrogens with two attached hydrogens (primary N) is 1. The van der Waals surface area contributed by atoms with Crippen LogP contribution in [0.5, 0.6) is 5.75 Å². The van der Waals surface area contributed by atoms with Crippen molar-refractivity contribution in [3.05, 3.63) is 83.4 Å². The lowest BCUT2D eigenvalue weighted by molar-refractivity contribution is 0.474. The summed E-state index contributed by atoms with van der Waals surface area (Å²) in [7, 11) is -4.05. The highest BCUT2D eigenvalue weighted by Crippen LogP contribution is 2.35. The molecule has 2 aromatic heterocycles. The molecule has 0 aliphatic heterocycles. The van der Waals surface area contributed by atoms with E-state index in [1.54, 1.807) is 54.6 Å². The van der Waals surface area contributed by atoms with Gasteiger partial charge in [-0.3, -0.25) is 0 Å². The molecule has 0 radical (unpaired) electrons. The maximum atomic E-state index is 13.8. The number of para-hydroxylation sites is 3. The summed E-state index contributed by atoms with van der Waals surface area (Å²) in [4.78, 5) is 9.17. The molecule has 170 valence electrons. The van der Waals surface area contributed by atoms with Gasteiger partial charge in [-0.1, -0.05) is 30.3 Å². The van der Waals surface area contributed by atoms with Crippen LogP contribution in [-0.4, -0.2) is 34.4 Å². The zero-order valence-corrected chi connectivity index (χ0v) is 19.3. The molecule has 0 aliphatic carbocycles. The van der Waals surface area contributed by atoms with Crippen LogP contribution in [0.15, 0.2) is 81.6 Å². The van der Waals surface area contributed by atoms with E-state index in [4.69, 9.17) is 5.73 Å². The highest BCUT2D eigenvalue weighted by Gasteiger charge is 2.30. The van der Waals surface area contributed by atoms with E-state index in [-0.39, 0.29) is 32.5 Å². The number of sulfone groups is 1. The molecule has 0 bridgehead atoms. The molecule has 0 aliphatic rings. The molecule has 8 nitrogen and oxygen atoms in total. The number of aryl methyl sites for hydroxylation is 2. The number of anilines is 1. The van der Waals surface area contributed by atoms with Crippen LogP contribution in [0.1, 0.15) is 16.7 Å². The normalized spacial score (nSPS) is 12.2. The lowest BCUT2D eigenvalue weighted by atomic mass is 10.1. The highest BCUT2D eigenvalue weighted by molar-refractivity contribution is 7.92. The van der Waals surface area contributed by atoms with Crippen LogP contribution < -0.4 is 5.73 Å². The summed E-state index contributed by atoms with van der Waals surface area (Å²) in [6.07, 6.45) is 1.40. The van der Waals surface area contributed by atoms with E-state index in [1.165, 1.54) is 17.0 Å². The Hall–Kier alpha value is -4.24. The summed E-state index contributed by atoms with van der Waals surface area (Å²) in [6, 6.07) is 18.7. The van der Waals surface area contributed by atoms with Gasteiger partial charge >= 0.3 is 0 Å². The number of nitrogen functional groups attached to an aromatic ring is 1. The summed E-state index contributed by atoms with van der Waals surface area (Å²) in [5, 5.41) is 14.5. The van der Waals surface area contributed by atoms with Crippen LogP contribution in [0.4, 0.5) is 5.82 Å². The van der Waals surface area contributed by atoms with Gasteiger partial charge in [0.2, 0.25) is 9.84 Å². The fourth-order valence-electron chi connectivity index (χ4n) is 3.72. The van der Waals surface area contributed by atoms with Gasteiger partial charge in [-0.25, -0.2) is 18.4 Å². The Labute approximate surface area is 195 Å². The zero-order chi connectivity index (χ0) is 24.0. The maximum absolute atomic E-state index is 13.8. The molecule has 5 aromatic rings. The molecule has 0 saturated carbocycles. The third-order valence-electron chi connectivity index (χ3n) is 5.74. The fourth-order valence-corrected chi connectivity index (χ4v) is 5.29. The number of benzene rings is 3. The predicted molar refractivity (Wildman–Crippen MR) is 132 cm³/mol. The van der Waals surface area contributed by atoms with Gasteiger partial charge in [0.05, 0.1) is 22.1 Å². The summed E-state index contributed by atoms with van der Waals surface area (Å²) in [5.74, 6) is -0.0870. The lowest BCUT2D eigenvalue weighted by Crippen LogP contribution is -2.07. The van der Waals surface area contributed by atoms with Crippen molar-refractivity contribution < 1.29 is 13.5 Å². The second kappa shape index (κ2) is 7.96. The number of phenolic OH excluding ortho intramolecular Hbond substituents is 1. The number of aromatic hydroxyl groups is 1. The Kier molecular flexibility index (Phi) is 5.06. The van der Waals surface area contributed by atoms with Crippen molar-refractivity contribution in [2.24, 2.45) is 5.10 Å². The minimum absolute atomic E-state index is 0.0285. The first kappa shape index (κ1) is 21.6. The first-order valence-corrected chi connectivity index (χ1v) is 12.0. The standard InChI is InChI=1S/C25H21N5O3S/c1-15-11-12-18(13-16(15)2)34(32,33)23-22-25(29-20-9-5-4-8-19(20)28-22)30(24(23)26)27-14-17-7-3-6-10-21(17)31/h3-14,31H,26H2,1-2H3/b27-14+. The average molecular weight is 472 g/mol. The molecule has 0 amide bonds. The molecule has 0 unspecified atom stereocenters. The molecule has 3 N–H and O–H groups in total. The molecular weight excluding hydrogens is 450 g/mol. The van der Waals surface area contributed by atoms with Gasteiger partial charge in [0.25, 0.3) is 0 Å². The van der Waals surface area contributed by atoms with Crippen LogP contribution in [0.2, 0.25) is 0 Å². The molecule has 5 rings (SSSR count). The number of hydrogen-bond donors (Lipinski definition) is 2. The van der Waals surface area contributed by atoms with Gasteiger partial charge in [0.15, 0.2) is 5.65 Å². The highest BCUT2D eigenvalue weighted by atomic mass is 32.2. The van der Waals surface area contributed by atoms with E-state index >= 15 is 0 Å². The van der Waals surface area contributed by atoms with E-state index in [0.29, 0.717) is 16.6 Å². The van der Waals surface area contributed by atoms with Gasteiger partial charge in [0.1, 0.15) is 22.0 Å². The molecule has 0 fully saturated rings. The van der Waals surface area contributed by atoms with E-state index in [1.807, 2.05) is 19.9 Å². The van der Waals surface area contributed by atoms with Crippen LogP contribution in [0.25, 0.3) is 22.2 Å². The van der Waals surface area contributed by atoms with Crippen LogP contribution in [-0.2, 0) is 9.84 Å². The second-order valence-corrected chi connectivity index (χ2v) is 9.85. The molecule has 3 aromatic carbocycles. The number of hydrogen-bond acceptors (Lipinski definition) is 7. The van der Waals surface area contributed by atoms with Crippen molar-refractivity contribution in [2.45, 2.75) is 23.6 Å². The second-order valence-electron chi connectivity index (χ2n) is 7.96. The third kappa shape index (κ3) is 3.46. The Balaban J connectivity index is 1.81. The monoisotopic (exact) mass is 471 g/mol. The van der Waals surface area contributed by atoms with Crippen molar-refractivity contribution in [1.29, 1.82) is 0 Å². The number of aromatic nitrogens is 3. The number of phenols is 1. The first-order chi connectivity index (χ1) is 16.3. The molecule has 9 heteroatoms. The molecule has 34 heavy (non-hydrogen) atoms. The third-order valence-corrected chi connectivity index (χ3v) is 7.55. The average Bonchev–Trinajstić information content (AvgIpc) is 3.09. The maximum Gasteiger partial charge on any atom is 0.212 e. The minimum atomic E-state index is -4.05. The van der Waals surface area contributed by atoms with Gasteiger partial charge < -0.3 is 10.8 Å². The lowest BCUT2D eigenvalue weighted by Gasteiger charge is -2.07. The van der Waals surface area contributed by atoms with Crippen molar-refractivity contribution in [1.82, 2.24) is 14.6 Å². The quantitative estimate of drug-likeness (QED) is 0.379. The topological polar surface area (TPSA) is 123 Å². The number of nitrogens with zero attached hydrogens (tertiary/aromatic N) is 4. The molecule has 2 heterocycles. The van der Waals surface area contributed by atoms with E-state index < -0.39 is 9.84 Å². The van der Waals surface area contributed by atoms with Crippen molar-refractivity contribution >= 4 is 44.1 Å². The van der Waals surface area contributed by atoms with Crippen molar-refractivity contribution in [3.63, 3.8) is 0 Å². The Morgan fingerprint density at radius 3 is 2.32 bits per heavy atom. The van der Waals surface area contributed by atoms with Crippen LogP contribution >= 0.6 is 0 Å². The van der Waals surface area contributed by atoms with Gasteiger partial charge in [-0.05, 0) is 61.4 Å². The van der Waals surface area contributed by atoms with Crippen LogP contribution in [0, 0.1) is 13.8 Å². The smallest absolute Gasteiger partial charge is 0.212 e. The Morgan fingerprint density at radius 2 is 1.62 bits per heavy atom. The summed E-state index contributed by atoms with van der Waals surface area (Å²) < 4.78 is 28.8. The van der Waals surface area contributed by atoms with E-state index in [2.05, 4.69) is 15.1 Å². The fraction of sp³-hybridized carbons (Fsp3) is 0.0800. The van der Waals surface area contributed by atoms with Crippen molar-refractivity contribution in [3.8, 4) is 5.75 Å². The largest absolute Gasteiger partial charge is 0.507 e. The van der Waals surface area contributed by atoms with Gasteiger partial charge in [-0.15, -0.1) is 0 Å². The number of fused-ring (bicyclic) bond motifs is 2. The SMILES string of the molecule is Cc1ccc(S(=O)(=O)c2c(N)n(/N=C/c3ccccc3O)c3nc4ccccc4nc23)cc1C. The molecule has 0 atom stereocenters. The predicted octanol–water partition coefficient (Wildman–Crippen LogP) is 4.20. The van der Waals surface area contributed by atoms with Crippen molar-refractivity contribution in [2.75, 3.05) is 5.73 Å². The Bertz CT molecular complexity index is 1720. The zero-order valence-electron chi connectivity index (χ0n) is 18.5. The Morgan fingerprint density at radius 1 is 0.941 bits per heavy atom. The summed E-state index contributed by atoms with van der Waals surface area (Å²) in [5.41, 5.74) is 10.1. The first-order valence-electron chi connectivity index (χ1n) is 10.5. The van der Waals surface area contributed by atoms with E-state index in [9.17, 15) is 13.5 Å². The number of rotatable bonds is 4. The van der Waals surface area contributed by atoms with Crippen LogP contribution in [0.3, 0.4) is 0 Å². The molecule has 0 spiro atoms.